The van der Waals surface area contributed by atoms with Crippen LogP contribution in [0.1, 0.15) is 89.7 Å². The van der Waals surface area contributed by atoms with Gasteiger partial charge in [-0.3, -0.25) is 38.4 Å². The first-order valence-corrected chi connectivity index (χ1v) is 21.8. The number of rotatable bonds is 29. The minimum Gasteiger partial charge on any atom is -0.481 e. The number of hydrogen-bond donors (Lipinski definition) is 13. The van der Waals surface area contributed by atoms with E-state index in [-0.39, 0.29) is 57.4 Å². The number of anilines is 2. The molecule has 1 unspecified atom stereocenters. The monoisotopic (exact) mass is 939 g/mol. The van der Waals surface area contributed by atoms with Gasteiger partial charge in [0.25, 0.3) is 0 Å². The molecule has 0 saturated carbocycles. The number of aliphatic carboxylic acids is 1. The smallest absolute Gasteiger partial charge is 0.323 e. The number of nitrogens with one attached hydrogen (secondary N) is 8. The quantitative estimate of drug-likeness (QED) is 0.0475. The molecule has 0 fully saturated rings. The highest BCUT2D eigenvalue weighted by atomic mass is 16.4. The van der Waals surface area contributed by atoms with Gasteiger partial charge in [-0.25, -0.2) is 9.59 Å². The lowest BCUT2D eigenvalue weighted by atomic mass is 10.0. The third-order valence-electron chi connectivity index (χ3n) is 10.1. The van der Waals surface area contributed by atoms with Crippen LogP contribution in [0.25, 0.3) is 0 Å². The second-order valence-corrected chi connectivity index (χ2v) is 16.4. The van der Waals surface area contributed by atoms with E-state index in [1.807, 2.05) is 19.1 Å². The van der Waals surface area contributed by atoms with Crippen LogP contribution in [0.15, 0.2) is 48.5 Å². The number of urea groups is 2. The molecule has 11 amide bonds. The Morgan fingerprint density at radius 2 is 1.18 bits per heavy atom. The third-order valence-corrected chi connectivity index (χ3v) is 10.1. The van der Waals surface area contributed by atoms with E-state index in [1.165, 1.54) is 6.92 Å². The molecule has 0 saturated heterocycles. The molecule has 6 atom stereocenters. The molecule has 0 aromatic heterocycles. The first-order valence-electron chi connectivity index (χ1n) is 21.8. The lowest BCUT2D eigenvalue weighted by Gasteiger charge is -2.28. The molecule has 2 aromatic carbocycles. The highest BCUT2D eigenvalue weighted by molar-refractivity contribution is 6.00. The number of aryl methyl sites for hydroxylation is 1. The molecule has 2 rings (SSSR count). The van der Waals surface area contributed by atoms with Gasteiger partial charge >= 0.3 is 18.0 Å². The fourth-order valence-electron chi connectivity index (χ4n) is 6.57. The van der Waals surface area contributed by atoms with E-state index in [9.17, 15) is 58.2 Å². The number of carboxylic acids is 1. The van der Waals surface area contributed by atoms with Crippen LogP contribution < -0.4 is 59.7 Å². The maximum Gasteiger partial charge on any atom is 0.323 e. The lowest BCUT2D eigenvalue weighted by molar-refractivity contribution is -0.137. The molecule has 0 heterocycles. The van der Waals surface area contributed by atoms with Gasteiger partial charge in [-0.05, 0) is 94.0 Å². The Hall–Kier alpha value is -7.30. The molecule has 0 spiro atoms. The van der Waals surface area contributed by atoms with Crippen molar-refractivity contribution in [1.82, 2.24) is 31.9 Å². The van der Waals surface area contributed by atoms with E-state index in [2.05, 4.69) is 42.5 Å². The number of primary amides is 3. The van der Waals surface area contributed by atoms with Gasteiger partial charge in [-0.1, -0.05) is 44.2 Å². The van der Waals surface area contributed by atoms with E-state index in [4.69, 9.17) is 17.2 Å². The van der Waals surface area contributed by atoms with Gasteiger partial charge in [0.15, 0.2) is 0 Å². The number of aliphatic hydroxyl groups is 1. The Morgan fingerprint density at radius 3 is 1.72 bits per heavy atom. The summed E-state index contributed by atoms with van der Waals surface area (Å²) in [5.41, 5.74) is 18.3. The first kappa shape index (κ1) is 55.8. The third kappa shape index (κ3) is 22.0. The van der Waals surface area contributed by atoms with Crippen molar-refractivity contribution < 1.29 is 58.2 Å². The van der Waals surface area contributed by atoms with E-state index >= 15 is 0 Å². The number of nitrogens with two attached hydrogens (primary N) is 3. The minimum atomic E-state index is -1.54. The Balaban J connectivity index is 2.32. The van der Waals surface area contributed by atoms with E-state index in [1.54, 1.807) is 50.2 Å². The molecule has 23 heteroatoms. The molecule has 0 aliphatic rings. The second-order valence-electron chi connectivity index (χ2n) is 16.4. The van der Waals surface area contributed by atoms with Crippen molar-refractivity contribution >= 4 is 70.8 Å². The predicted octanol–water partition coefficient (Wildman–Crippen LogP) is -0.123. The Labute approximate surface area is 388 Å². The van der Waals surface area contributed by atoms with Crippen molar-refractivity contribution in [3.05, 3.63) is 59.7 Å². The summed E-state index contributed by atoms with van der Waals surface area (Å²) in [6, 6.07) is 5.24. The van der Waals surface area contributed by atoms with Gasteiger partial charge in [0.2, 0.25) is 41.4 Å². The summed E-state index contributed by atoms with van der Waals surface area (Å²) in [7, 11) is 0. The van der Waals surface area contributed by atoms with Crippen molar-refractivity contribution in [2.24, 2.45) is 23.1 Å². The van der Waals surface area contributed by atoms with Crippen molar-refractivity contribution in [1.29, 1.82) is 0 Å². The van der Waals surface area contributed by atoms with E-state index in [0.717, 1.165) is 5.56 Å². The summed E-state index contributed by atoms with van der Waals surface area (Å²) in [5, 5.41) is 39.7. The number of aliphatic hydroxyl groups excluding tert-OH is 1. The van der Waals surface area contributed by atoms with Crippen LogP contribution in [0.3, 0.4) is 0 Å². The Bertz CT molecular complexity index is 2050. The van der Waals surface area contributed by atoms with Gasteiger partial charge in [0.1, 0.15) is 30.2 Å². The average molecular weight is 940 g/mol. The molecule has 67 heavy (non-hydrogen) atoms. The first-order chi connectivity index (χ1) is 31.6. The molecule has 23 nitrogen and oxygen atoms in total. The van der Waals surface area contributed by atoms with Crippen LogP contribution >= 0.6 is 0 Å². The van der Waals surface area contributed by atoms with Crippen LogP contribution in [0.4, 0.5) is 21.0 Å². The fourth-order valence-corrected chi connectivity index (χ4v) is 6.57. The van der Waals surface area contributed by atoms with Gasteiger partial charge in [0, 0.05) is 30.8 Å². The maximum atomic E-state index is 14.0. The minimum absolute atomic E-state index is 0.00888. The zero-order valence-electron chi connectivity index (χ0n) is 38.1. The number of unbranched alkanes of at least 4 members (excludes halogenated alkanes) is 1. The molecule has 0 aliphatic carbocycles. The summed E-state index contributed by atoms with van der Waals surface area (Å²) in [6.07, 6.45) is -2.52. The Kier molecular flexibility index (Phi) is 23.8. The van der Waals surface area contributed by atoms with Crippen molar-refractivity contribution in [3.63, 3.8) is 0 Å². The van der Waals surface area contributed by atoms with Gasteiger partial charge < -0.3 is 69.9 Å². The highest BCUT2D eigenvalue weighted by Crippen LogP contribution is 2.16. The number of para-hydroxylation sites is 1. The van der Waals surface area contributed by atoms with Crippen LogP contribution in [0.2, 0.25) is 0 Å². The predicted molar refractivity (Wildman–Crippen MR) is 245 cm³/mol. The normalized spacial score (nSPS) is 13.5. The molecule has 0 bridgehead atoms. The van der Waals surface area contributed by atoms with Crippen LogP contribution in [-0.4, -0.2) is 112 Å². The van der Waals surface area contributed by atoms with E-state index < -0.39 is 109 Å². The summed E-state index contributed by atoms with van der Waals surface area (Å²) < 4.78 is 0. The van der Waals surface area contributed by atoms with Gasteiger partial charge in [-0.15, -0.1) is 0 Å². The molecule has 16 N–H and O–H groups in total. The van der Waals surface area contributed by atoms with Crippen LogP contribution in [-0.2, 0) is 44.8 Å². The summed E-state index contributed by atoms with van der Waals surface area (Å²) in [6.45, 7) is 6.71. The number of carboxylic acid groups (broad SMARTS) is 1. The van der Waals surface area contributed by atoms with Gasteiger partial charge in [0.05, 0.1) is 12.5 Å². The SMILES string of the molecule is Cc1ccccc1NC(=O)Nc1ccc(CC(=O)N[C@@H](CCCCNC(N)=O)C(=O)N[C@@H](CCCC(=O)O)C(=O)N[C@@H](CCC(N)=O)C(=O)N[C@H](CC(C)C)C(=O)N[C@H](C(N)=O)C(C)O)cc1. The molecular formula is C44H65N11O12. The molecule has 0 radical (unpaired) electrons. The summed E-state index contributed by atoms with van der Waals surface area (Å²) >= 11 is 0. The highest BCUT2D eigenvalue weighted by Gasteiger charge is 2.33. The topological polar surface area (TPSA) is 385 Å². The number of hydrogen-bond acceptors (Lipinski definition) is 11. The standard InChI is InChI=1S/C44H65N11O12/c1-24(2)22-33(42(65)55-37(26(4)56)38(46)61)53-41(64)32(19-20-34(45)57)52-40(63)31(13-9-14-36(59)60)51-39(62)30(12-7-8-21-48-43(47)66)50-35(58)23-27-15-17-28(18-16-27)49-44(67)54-29-11-6-5-10-25(29)3/h5-6,10-11,15-18,24,26,30-33,37,56H,7-9,12-14,19-23H2,1-4H3,(H2,45,57)(H2,46,61)(H,50,58)(H,51,62)(H,52,63)(H,53,64)(H,55,65)(H,59,60)(H3,47,48,66)(H2,49,54,67)/t26?,30-,31-,32-,33+,37-/m0/s1. The maximum absolute atomic E-state index is 14.0. The van der Waals surface area contributed by atoms with Crippen molar-refractivity contribution in [3.8, 4) is 0 Å². The van der Waals surface area contributed by atoms with Gasteiger partial charge in [-0.2, -0.15) is 0 Å². The fraction of sp³-hybridized carbons (Fsp3) is 0.500. The van der Waals surface area contributed by atoms with Crippen molar-refractivity contribution in [2.45, 2.75) is 128 Å². The molecule has 368 valence electrons. The zero-order chi connectivity index (χ0) is 50.2. The van der Waals surface area contributed by atoms with Crippen LogP contribution in [0.5, 0.6) is 0 Å². The lowest BCUT2D eigenvalue weighted by Crippen LogP contribution is -2.60. The molecule has 0 aliphatic heterocycles. The molecule has 2 aromatic rings. The van der Waals surface area contributed by atoms with Crippen molar-refractivity contribution in [2.75, 3.05) is 17.2 Å². The zero-order valence-corrected chi connectivity index (χ0v) is 38.1. The summed E-state index contributed by atoms with van der Waals surface area (Å²) in [4.78, 5) is 127. The second kappa shape index (κ2) is 28.6. The largest absolute Gasteiger partial charge is 0.481 e. The number of benzene rings is 2. The Morgan fingerprint density at radius 1 is 0.627 bits per heavy atom. The number of carbonyl (C=O) groups is 10. The number of carbonyl (C=O) groups excluding carboxylic acids is 9. The van der Waals surface area contributed by atoms with E-state index in [0.29, 0.717) is 23.4 Å². The van der Waals surface area contributed by atoms with Crippen LogP contribution in [0, 0.1) is 12.8 Å². The number of amides is 11. The summed E-state index contributed by atoms with van der Waals surface area (Å²) in [5.74, 6) is -7.54. The molecular weight excluding hydrogens is 875 g/mol. The average Bonchev–Trinajstić information content (AvgIpc) is 3.23.